The molecule has 1 aliphatic heterocycles. The zero-order chi connectivity index (χ0) is 16.2. The Morgan fingerprint density at radius 1 is 1.25 bits per heavy atom. The monoisotopic (exact) mass is 366 g/mol. The van der Waals surface area contributed by atoms with E-state index in [1.165, 1.54) is 0 Å². The Morgan fingerprint density at radius 2 is 2.00 bits per heavy atom. The highest BCUT2D eigenvalue weighted by Crippen LogP contribution is 2.22. The van der Waals surface area contributed by atoms with Gasteiger partial charge in [-0.15, -0.1) is 12.4 Å². The molecule has 0 spiro atoms. The number of hydrogen-bond acceptors (Lipinski definition) is 3. The van der Waals surface area contributed by atoms with E-state index in [1.807, 2.05) is 24.3 Å². The minimum atomic E-state index is -0.176. The molecule has 2 N–H and O–H groups in total. The molecule has 0 aliphatic carbocycles. The highest BCUT2D eigenvalue weighted by Gasteiger charge is 2.19. The van der Waals surface area contributed by atoms with Gasteiger partial charge < -0.3 is 15.4 Å². The summed E-state index contributed by atoms with van der Waals surface area (Å²) in [5.74, 6) is -0.176. The number of carbonyl (C=O) groups excluding carboxylic acids is 1. The molecule has 24 heavy (non-hydrogen) atoms. The fraction of sp³-hybridized carbons (Fsp3) is 0.278. The molecule has 0 radical (unpaired) electrons. The van der Waals surface area contributed by atoms with Crippen LogP contribution in [0.3, 0.4) is 0 Å². The second-order valence-electron chi connectivity index (χ2n) is 5.72. The average molecular weight is 367 g/mol. The van der Waals surface area contributed by atoms with Gasteiger partial charge in [-0.05, 0) is 42.8 Å². The minimum Gasteiger partial charge on any atom is -0.371 e. The Bertz CT molecular complexity index is 684. The van der Waals surface area contributed by atoms with Gasteiger partial charge >= 0.3 is 0 Å². The molecule has 0 bridgehead atoms. The predicted octanol–water partition coefficient (Wildman–Crippen LogP) is 4.06. The maximum absolute atomic E-state index is 12.2. The van der Waals surface area contributed by atoms with Crippen molar-refractivity contribution in [3.05, 3.63) is 64.7 Å². The van der Waals surface area contributed by atoms with E-state index in [-0.39, 0.29) is 24.4 Å². The van der Waals surface area contributed by atoms with Gasteiger partial charge in [0.1, 0.15) is 0 Å². The number of carbonyl (C=O) groups is 1. The van der Waals surface area contributed by atoms with E-state index in [9.17, 15) is 4.79 Å². The Balaban J connectivity index is 0.00000208. The lowest BCUT2D eigenvalue weighted by atomic mass is 10.1. The zero-order valence-electron chi connectivity index (χ0n) is 13.3. The molecular formula is C18H20Cl2N2O2. The number of halogens is 2. The first kappa shape index (κ1) is 18.7. The first-order valence-electron chi connectivity index (χ1n) is 7.63. The zero-order valence-corrected chi connectivity index (χ0v) is 14.9. The predicted molar refractivity (Wildman–Crippen MR) is 99.3 cm³/mol. The van der Waals surface area contributed by atoms with Crippen LogP contribution >= 0.6 is 24.0 Å². The van der Waals surface area contributed by atoms with E-state index in [0.29, 0.717) is 23.2 Å². The van der Waals surface area contributed by atoms with Crippen molar-refractivity contribution in [2.45, 2.75) is 19.1 Å². The summed E-state index contributed by atoms with van der Waals surface area (Å²) in [4.78, 5) is 12.2. The van der Waals surface area contributed by atoms with Crippen LogP contribution in [0.15, 0.2) is 48.5 Å². The highest BCUT2D eigenvalue weighted by molar-refractivity contribution is 6.31. The van der Waals surface area contributed by atoms with Crippen LogP contribution in [0.2, 0.25) is 5.02 Å². The van der Waals surface area contributed by atoms with Gasteiger partial charge in [0, 0.05) is 28.9 Å². The summed E-state index contributed by atoms with van der Waals surface area (Å²) < 4.78 is 5.82. The van der Waals surface area contributed by atoms with E-state index in [2.05, 4.69) is 17.6 Å². The Morgan fingerprint density at radius 3 is 2.62 bits per heavy atom. The third kappa shape index (κ3) is 4.71. The van der Waals surface area contributed by atoms with Gasteiger partial charge in [-0.2, -0.15) is 0 Å². The summed E-state index contributed by atoms with van der Waals surface area (Å²) in [6, 6.07) is 15.0. The van der Waals surface area contributed by atoms with E-state index in [1.54, 1.807) is 24.3 Å². The number of amides is 1. The second-order valence-corrected chi connectivity index (χ2v) is 6.15. The quantitative estimate of drug-likeness (QED) is 0.860. The van der Waals surface area contributed by atoms with Crippen LogP contribution in [0.4, 0.5) is 5.69 Å². The molecule has 2 atom stereocenters. The van der Waals surface area contributed by atoms with Crippen molar-refractivity contribution in [2.24, 2.45) is 0 Å². The van der Waals surface area contributed by atoms with Gasteiger partial charge in [-0.25, -0.2) is 0 Å². The summed E-state index contributed by atoms with van der Waals surface area (Å²) in [6.07, 6.45) is 0.0591. The van der Waals surface area contributed by atoms with Gasteiger partial charge in [0.2, 0.25) is 0 Å². The molecule has 128 valence electrons. The van der Waals surface area contributed by atoms with Crippen LogP contribution in [0.25, 0.3) is 0 Å². The Labute approximate surface area is 153 Å². The van der Waals surface area contributed by atoms with Gasteiger partial charge in [0.25, 0.3) is 5.91 Å². The summed E-state index contributed by atoms with van der Waals surface area (Å²) in [6.45, 7) is 3.61. The maximum atomic E-state index is 12.2. The molecular weight excluding hydrogens is 347 g/mol. The van der Waals surface area contributed by atoms with Gasteiger partial charge in [-0.1, -0.05) is 29.8 Å². The molecule has 1 amide bonds. The standard InChI is InChI=1S/C18H19ClN2O2.ClH/c1-12-11-23-17(10-20-12)13-5-7-16(8-6-13)21-18(22)14-3-2-4-15(19)9-14;/h2-9,12,17,20H,10-11H2,1H3,(H,21,22);1H/t12-,17+;/m0./s1. The molecule has 1 saturated heterocycles. The van der Waals surface area contributed by atoms with Gasteiger partial charge in [0.15, 0.2) is 0 Å². The summed E-state index contributed by atoms with van der Waals surface area (Å²) in [5.41, 5.74) is 2.39. The third-order valence-electron chi connectivity index (χ3n) is 3.83. The maximum Gasteiger partial charge on any atom is 0.255 e. The molecule has 1 aliphatic rings. The average Bonchev–Trinajstić information content (AvgIpc) is 2.56. The van der Waals surface area contributed by atoms with Crippen LogP contribution in [-0.4, -0.2) is 25.1 Å². The molecule has 0 unspecified atom stereocenters. The molecule has 6 heteroatoms. The van der Waals surface area contributed by atoms with Gasteiger partial charge in [-0.3, -0.25) is 4.79 Å². The molecule has 0 aromatic heterocycles. The van der Waals surface area contributed by atoms with Crippen LogP contribution in [0.1, 0.15) is 28.9 Å². The van der Waals surface area contributed by atoms with Crippen molar-refractivity contribution in [3.63, 3.8) is 0 Å². The fourth-order valence-electron chi connectivity index (χ4n) is 2.51. The van der Waals surface area contributed by atoms with Crippen LogP contribution in [0.5, 0.6) is 0 Å². The van der Waals surface area contributed by atoms with Crippen LogP contribution in [-0.2, 0) is 4.74 Å². The normalized spacial score (nSPS) is 20.1. The van der Waals surface area contributed by atoms with E-state index in [0.717, 1.165) is 17.8 Å². The number of anilines is 1. The van der Waals surface area contributed by atoms with Crippen molar-refractivity contribution in [1.82, 2.24) is 5.32 Å². The number of rotatable bonds is 3. The molecule has 4 nitrogen and oxygen atoms in total. The molecule has 1 fully saturated rings. The van der Waals surface area contributed by atoms with Crippen LogP contribution in [0, 0.1) is 0 Å². The minimum absolute atomic E-state index is 0. The number of morpholine rings is 1. The largest absolute Gasteiger partial charge is 0.371 e. The second kappa shape index (κ2) is 8.49. The Kier molecular flexibility index (Phi) is 6.63. The Hall–Kier alpha value is -1.59. The molecule has 3 rings (SSSR count). The number of nitrogens with one attached hydrogen (secondary N) is 2. The smallest absolute Gasteiger partial charge is 0.255 e. The van der Waals surface area contributed by atoms with Crippen molar-refractivity contribution in [3.8, 4) is 0 Å². The molecule has 2 aromatic rings. The first-order chi connectivity index (χ1) is 11.1. The lowest BCUT2D eigenvalue weighted by Crippen LogP contribution is -2.40. The topological polar surface area (TPSA) is 50.4 Å². The molecule has 2 aromatic carbocycles. The van der Waals surface area contributed by atoms with Crippen LogP contribution < -0.4 is 10.6 Å². The van der Waals surface area contributed by atoms with E-state index in [4.69, 9.17) is 16.3 Å². The lowest BCUT2D eigenvalue weighted by molar-refractivity contribution is 0.00696. The lowest BCUT2D eigenvalue weighted by Gasteiger charge is -2.28. The summed E-state index contributed by atoms with van der Waals surface area (Å²) in [7, 11) is 0. The number of ether oxygens (including phenoxy) is 1. The van der Waals surface area contributed by atoms with Crippen molar-refractivity contribution >= 4 is 35.6 Å². The summed E-state index contributed by atoms with van der Waals surface area (Å²) in [5, 5.41) is 6.81. The van der Waals surface area contributed by atoms with Crippen molar-refractivity contribution in [2.75, 3.05) is 18.5 Å². The highest BCUT2D eigenvalue weighted by atomic mass is 35.5. The van der Waals surface area contributed by atoms with E-state index >= 15 is 0 Å². The van der Waals surface area contributed by atoms with E-state index < -0.39 is 0 Å². The number of benzene rings is 2. The van der Waals surface area contributed by atoms with Gasteiger partial charge in [0.05, 0.1) is 12.7 Å². The number of hydrogen-bond donors (Lipinski definition) is 2. The molecule has 0 saturated carbocycles. The summed E-state index contributed by atoms with van der Waals surface area (Å²) >= 11 is 5.91. The third-order valence-corrected chi connectivity index (χ3v) is 4.06. The fourth-order valence-corrected chi connectivity index (χ4v) is 2.71. The molecule has 1 heterocycles. The first-order valence-corrected chi connectivity index (χ1v) is 8.01. The van der Waals surface area contributed by atoms with Crippen molar-refractivity contribution < 1.29 is 9.53 Å². The van der Waals surface area contributed by atoms with Crippen molar-refractivity contribution in [1.29, 1.82) is 0 Å². The SMILES string of the molecule is C[C@H]1CO[C@@H](c2ccc(NC(=O)c3cccc(Cl)c3)cc2)CN1.Cl.